The van der Waals surface area contributed by atoms with Crippen LogP contribution in [0.25, 0.3) is 0 Å². The Balaban J connectivity index is 0.000000284. The number of fused-ring (bicyclic) bond motifs is 2. The van der Waals surface area contributed by atoms with Crippen LogP contribution in [0, 0.1) is 0 Å². The molecule has 2 aliphatic heterocycles. The normalized spacial score (nSPS) is 17.9. The van der Waals surface area contributed by atoms with E-state index in [0.717, 1.165) is 0 Å². The average Bonchev–Trinajstić information content (AvgIpc) is 3.69. The van der Waals surface area contributed by atoms with Gasteiger partial charge in [0.25, 0.3) is 0 Å². The van der Waals surface area contributed by atoms with Crippen molar-refractivity contribution in [2.75, 3.05) is 26.4 Å². The number of carbonyl (C=O) groups excluding carboxylic acids is 2. The fraction of sp³-hybridized carbons (Fsp3) is 0.643. The maximum Gasteiger partial charge on any atom is 0.404 e. The molecule has 52 heavy (non-hydrogen) atoms. The molecule has 8 nitrogen and oxygen atoms in total. The molecule has 2 aliphatic rings. The quantitative estimate of drug-likeness (QED) is 0.106. The lowest BCUT2D eigenvalue weighted by Crippen LogP contribution is -2.51. The second kappa shape index (κ2) is 16.7. The number of hydrogen-bond acceptors (Lipinski definition) is 10. The van der Waals surface area contributed by atoms with Gasteiger partial charge in [0.05, 0.1) is 0 Å². The Labute approximate surface area is 291 Å². The Morgan fingerprint density at radius 3 is 1.40 bits per heavy atom. The first-order valence-electron chi connectivity index (χ1n) is 14.5. The molecular weight excluding hydrogens is 794 g/mol. The van der Waals surface area contributed by atoms with Gasteiger partial charge in [-0.2, -0.15) is 61.5 Å². The zero-order valence-electron chi connectivity index (χ0n) is 25.9. The Bertz CT molecular complexity index is 1470. The first-order chi connectivity index (χ1) is 23.8. The molecule has 2 aromatic rings. The fourth-order valence-corrected chi connectivity index (χ4v) is 5.41. The van der Waals surface area contributed by atoms with Crippen LogP contribution < -0.4 is 18.9 Å². The number of ether oxygens (including phenoxy) is 6. The Morgan fingerprint density at radius 2 is 0.981 bits per heavy atom. The summed E-state index contributed by atoms with van der Waals surface area (Å²) < 4.78 is 208. The molecular formula is C28H26F14O8S2. The van der Waals surface area contributed by atoms with Gasteiger partial charge in [0.15, 0.2) is 35.2 Å². The molecule has 0 amide bonds. The molecule has 0 aromatic carbocycles. The molecule has 0 N–H and O–H groups in total. The SMILES string of the molecule is O=C(OCC1COc2cscc2O1)C(F)(F)C(F)(F)CC(F)(F)F.O=C(OCC1COc2cscc2O1)C(F)(F)C(F)(F)CCCCCC(F)(F)F. The Morgan fingerprint density at radius 1 is 0.577 bits per heavy atom. The standard InChI is InChI=1S/C16H17F7O4S.C12H9F7O4S/c17-14(18,4-2-1-3-5-15(19,20)21)16(22,23)13(24)26-7-10-6-25-11-8-28-9-12(11)27-10;13-10(14,5-11(15,16)17)12(18,19)9(20)22-2-6-1-21-7-3-24-4-8(7)23-6/h8-10H,1-7H2;3-4,6H,1-2,5H2. The Kier molecular flexibility index (Phi) is 13.8. The summed E-state index contributed by atoms with van der Waals surface area (Å²) in [5.74, 6) is -24.9. The van der Waals surface area contributed by atoms with Crippen molar-refractivity contribution in [1.82, 2.24) is 0 Å². The number of halogens is 14. The highest BCUT2D eigenvalue weighted by Crippen LogP contribution is 2.44. The molecule has 2 aromatic heterocycles. The summed E-state index contributed by atoms with van der Waals surface area (Å²) >= 11 is 2.47. The number of hydrogen-bond donors (Lipinski definition) is 0. The van der Waals surface area contributed by atoms with Crippen LogP contribution in [0.4, 0.5) is 61.5 Å². The summed E-state index contributed by atoms with van der Waals surface area (Å²) in [5.41, 5.74) is 0. The van der Waals surface area contributed by atoms with E-state index in [1.807, 2.05) is 0 Å². The van der Waals surface area contributed by atoms with Gasteiger partial charge in [-0.05, 0) is 12.8 Å². The number of thiophene rings is 2. The highest BCUT2D eigenvalue weighted by molar-refractivity contribution is 7.08. The molecule has 0 spiro atoms. The minimum absolute atomic E-state index is 0.113. The van der Waals surface area contributed by atoms with Crippen LogP contribution in [0.2, 0.25) is 0 Å². The zero-order chi connectivity index (χ0) is 39.2. The number of carbonyl (C=O) groups is 2. The number of esters is 2. The molecule has 2 unspecified atom stereocenters. The van der Waals surface area contributed by atoms with Crippen LogP contribution in [0.15, 0.2) is 21.5 Å². The number of rotatable bonds is 14. The van der Waals surface area contributed by atoms with Gasteiger partial charge in [-0.3, -0.25) is 0 Å². The number of alkyl halides is 14. The van der Waals surface area contributed by atoms with E-state index < -0.39 is 106 Å². The molecule has 0 aliphatic carbocycles. The van der Waals surface area contributed by atoms with Crippen molar-refractivity contribution in [2.45, 2.75) is 86.8 Å². The molecule has 0 bridgehead atoms. The lowest BCUT2D eigenvalue weighted by atomic mass is 10.0. The van der Waals surface area contributed by atoms with Crippen LogP contribution in [0.3, 0.4) is 0 Å². The average molecular weight is 821 g/mol. The van der Waals surface area contributed by atoms with E-state index in [4.69, 9.17) is 18.9 Å². The highest BCUT2D eigenvalue weighted by Gasteiger charge is 2.67. The fourth-order valence-electron chi connectivity index (χ4n) is 4.07. The third-order valence-corrected chi connectivity index (χ3v) is 8.13. The molecule has 0 saturated heterocycles. The summed E-state index contributed by atoms with van der Waals surface area (Å²) in [5, 5.41) is 6.31. The van der Waals surface area contributed by atoms with Crippen molar-refractivity contribution < 1.29 is 99.5 Å². The van der Waals surface area contributed by atoms with Crippen LogP contribution in [0.5, 0.6) is 23.0 Å². The summed E-state index contributed by atoms with van der Waals surface area (Å²) in [7, 11) is 0. The van der Waals surface area contributed by atoms with Gasteiger partial charge in [-0.25, -0.2) is 9.59 Å². The van der Waals surface area contributed by atoms with Gasteiger partial charge in [-0.15, -0.1) is 22.7 Å². The van der Waals surface area contributed by atoms with Crippen LogP contribution in [-0.4, -0.2) is 86.6 Å². The Hall–Kier alpha value is -3.44. The summed E-state index contributed by atoms with van der Waals surface area (Å²) in [6, 6.07) is 0. The minimum Gasteiger partial charge on any atom is -0.485 e. The van der Waals surface area contributed by atoms with Gasteiger partial charge < -0.3 is 28.4 Å². The van der Waals surface area contributed by atoms with E-state index in [0.29, 0.717) is 17.2 Å². The maximum atomic E-state index is 13.8. The van der Waals surface area contributed by atoms with E-state index in [-0.39, 0.29) is 25.4 Å². The second-order valence-electron chi connectivity index (χ2n) is 11.0. The highest BCUT2D eigenvalue weighted by atomic mass is 32.1. The zero-order valence-corrected chi connectivity index (χ0v) is 27.5. The molecule has 0 fully saturated rings. The molecule has 296 valence electrons. The van der Waals surface area contributed by atoms with Crippen LogP contribution in [0.1, 0.15) is 38.5 Å². The van der Waals surface area contributed by atoms with E-state index >= 15 is 0 Å². The van der Waals surface area contributed by atoms with E-state index in [9.17, 15) is 71.1 Å². The van der Waals surface area contributed by atoms with Gasteiger partial charge in [0, 0.05) is 34.4 Å². The monoisotopic (exact) mass is 820 g/mol. The largest absolute Gasteiger partial charge is 0.485 e. The van der Waals surface area contributed by atoms with Crippen LogP contribution in [-0.2, 0) is 19.1 Å². The topological polar surface area (TPSA) is 89.5 Å². The summed E-state index contributed by atoms with van der Waals surface area (Å²) in [6.07, 6.45) is -19.2. The second-order valence-corrected chi connectivity index (χ2v) is 12.5. The minimum atomic E-state index is -5.63. The molecule has 4 rings (SSSR count). The van der Waals surface area contributed by atoms with Gasteiger partial charge >= 0.3 is 48.0 Å². The van der Waals surface area contributed by atoms with Gasteiger partial charge in [-0.1, -0.05) is 6.42 Å². The number of unbranched alkanes of at least 4 members (excludes halogenated alkanes) is 2. The molecule has 4 heterocycles. The van der Waals surface area contributed by atoms with Crippen molar-refractivity contribution in [3.63, 3.8) is 0 Å². The lowest BCUT2D eigenvalue weighted by molar-refractivity contribution is -0.265. The van der Waals surface area contributed by atoms with E-state index in [1.54, 1.807) is 16.1 Å². The van der Waals surface area contributed by atoms with E-state index in [1.165, 1.54) is 28.1 Å². The third-order valence-electron chi connectivity index (χ3n) is 6.73. The van der Waals surface area contributed by atoms with Crippen LogP contribution >= 0.6 is 22.7 Å². The van der Waals surface area contributed by atoms with Crippen molar-refractivity contribution in [2.24, 2.45) is 0 Å². The molecule has 0 radical (unpaired) electrons. The molecule has 2 atom stereocenters. The van der Waals surface area contributed by atoms with Gasteiger partial charge in [0.1, 0.15) is 32.8 Å². The summed E-state index contributed by atoms with van der Waals surface area (Å²) in [4.78, 5) is 22.6. The van der Waals surface area contributed by atoms with E-state index in [2.05, 4.69) is 9.47 Å². The van der Waals surface area contributed by atoms with Crippen molar-refractivity contribution in [1.29, 1.82) is 0 Å². The van der Waals surface area contributed by atoms with Gasteiger partial charge in [0.2, 0.25) is 0 Å². The maximum absolute atomic E-state index is 13.8. The summed E-state index contributed by atoms with van der Waals surface area (Å²) in [6.45, 7) is -1.92. The lowest BCUT2D eigenvalue weighted by Gasteiger charge is -2.27. The predicted molar refractivity (Wildman–Crippen MR) is 150 cm³/mol. The first-order valence-corrected chi connectivity index (χ1v) is 16.4. The third kappa shape index (κ3) is 11.8. The molecule has 24 heteroatoms. The van der Waals surface area contributed by atoms with Crippen molar-refractivity contribution >= 4 is 34.6 Å². The smallest absolute Gasteiger partial charge is 0.404 e. The van der Waals surface area contributed by atoms with Crippen molar-refractivity contribution in [3.05, 3.63) is 21.5 Å². The molecule has 0 saturated carbocycles. The first kappa shape index (κ1) is 43.0. The van der Waals surface area contributed by atoms with Crippen molar-refractivity contribution in [3.8, 4) is 23.0 Å². The predicted octanol–water partition coefficient (Wildman–Crippen LogP) is 8.87.